The summed E-state index contributed by atoms with van der Waals surface area (Å²) in [6.45, 7) is 6.59. The molecule has 1 fully saturated rings. The topological polar surface area (TPSA) is 15.3 Å². The van der Waals surface area contributed by atoms with Crippen LogP contribution in [0.5, 0.6) is 0 Å². The van der Waals surface area contributed by atoms with Crippen molar-refractivity contribution in [2.75, 3.05) is 19.6 Å². The van der Waals surface area contributed by atoms with Crippen LogP contribution < -0.4 is 5.32 Å². The van der Waals surface area contributed by atoms with Crippen molar-refractivity contribution < 1.29 is 0 Å². The molecule has 94 valence electrons. The van der Waals surface area contributed by atoms with Crippen LogP contribution >= 0.6 is 11.6 Å². The van der Waals surface area contributed by atoms with Crippen LogP contribution in [0, 0.1) is 0 Å². The Bertz CT molecular complexity index is 348. The van der Waals surface area contributed by atoms with Gasteiger partial charge < -0.3 is 5.32 Å². The lowest BCUT2D eigenvalue weighted by atomic mass is 10.0. The van der Waals surface area contributed by atoms with E-state index in [1.807, 2.05) is 12.1 Å². The van der Waals surface area contributed by atoms with Crippen molar-refractivity contribution in [2.45, 2.75) is 32.4 Å². The largest absolute Gasteiger partial charge is 0.317 e. The Morgan fingerprint density at radius 1 is 1.29 bits per heavy atom. The summed E-state index contributed by atoms with van der Waals surface area (Å²) in [6.07, 6.45) is 2.50. The van der Waals surface area contributed by atoms with Crippen molar-refractivity contribution in [1.82, 2.24) is 10.2 Å². The summed E-state index contributed by atoms with van der Waals surface area (Å²) in [6, 6.07) is 8.88. The maximum atomic E-state index is 6.23. The van der Waals surface area contributed by atoms with Crippen LogP contribution in [0.25, 0.3) is 0 Å². The molecular formula is C14H21ClN2. The zero-order chi connectivity index (χ0) is 12.1. The molecule has 0 radical (unpaired) electrons. The van der Waals surface area contributed by atoms with Crippen LogP contribution in [0.4, 0.5) is 0 Å². The van der Waals surface area contributed by atoms with Crippen LogP contribution in [0.2, 0.25) is 5.02 Å². The van der Waals surface area contributed by atoms with Gasteiger partial charge in [-0.25, -0.2) is 0 Å². The molecule has 1 aliphatic rings. The molecule has 2 rings (SSSR count). The maximum Gasteiger partial charge on any atom is 0.0451 e. The van der Waals surface area contributed by atoms with Gasteiger partial charge in [0.05, 0.1) is 0 Å². The van der Waals surface area contributed by atoms with Gasteiger partial charge in [0.1, 0.15) is 0 Å². The van der Waals surface area contributed by atoms with Crippen LogP contribution in [-0.2, 0) is 6.54 Å². The first kappa shape index (κ1) is 12.9. The van der Waals surface area contributed by atoms with Gasteiger partial charge in [-0.05, 0) is 44.1 Å². The molecule has 0 aliphatic carbocycles. The fourth-order valence-electron chi connectivity index (χ4n) is 2.52. The minimum atomic E-state index is 0.706. The Morgan fingerprint density at radius 2 is 2.00 bits per heavy atom. The second-order valence-corrected chi connectivity index (χ2v) is 5.04. The second-order valence-electron chi connectivity index (χ2n) is 4.64. The quantitative estimate of drug-likeness (QED) is 0.887. The lowest BCUT2D eigenvalue weighted by Crippen LogP contribution is -2.42. The molecule has 0 amide bonds. The van der Waals surface area contributed by atoms with E-state index in [0.717, 1.165) is 31.2 Å². The maximum absolute atomic E-state index is 6.23. The third-order valence-electron chi connectivity index (χ3n) is 3.56. The van der Waals surface area contributed by atoms with Gasteiger partial charge in [0.15, 0.2) is 0 Å². The Morgan fingerprint density at radius 3 is 2.65 bits per heavy atom. The number of hydrogen-bond donors (Lipinski definition) is 1. The standard InChI is InChI=1S/C14H21ClN2/c1-2-17(13-7-9-16-10-8-13)11-12-5-3-4-6-14(12)15/h3-6,13,16H,2,7-11H2,1H3. The van der Waals surface area contributed by atoms with Crippen LogP contribution in [0.1, 0.15) is 25.3 Å². The zero-order valence-electron chi connectivity index (χ0n) is 10.5. The molecule has 0 bridgehead atoms. The summed E-state index contributed by atoms with van der Waals surface area (Å²) in [5.41, 5.74) is 1.24. The highest BCUT2D eigenvalue weighted by atomic mass is 35.5. The number of piperidine rings is 1. The third-order valence-corrected chi connectivity index (χ3v) is 3.93. The van der Waals surface area contributed by atoms with E-state index in [1.54, 1.807) is 0 Å². The molecular weight excluding hydrogens is 232 g/mol. The Labute approximate surface area is 109 Å². The minimum absolute atomic E-state index is 0.706. The molecule has 1 aromatic carbocycles. The molecule has 0 atom stereocenters. The first-order chi connectivity index (χ1) is 8.31. The summed E-state index contributed by atoms with van der Waals surface area (Å²) in [5, 5.41) is 4.30. The SMILES string of the molecule is CCN(Cc1ccccc1Cl)C1CCNCC1. The highest BCUT2D eigenvalue weighted by molar-refractivity contribution is 6.31. The highest BCUT2D eigenvalue weighted by Gasteiger charge is 2.20. The Hall–Kier alpha value is -0.570. The van der Waals surface area contributed by atoms with Crippen LogP contribution in [0.3, 0.4) is 0 Å². The van der Waals surface area contributed by atoms with Crippen molar-refractivity contribution in [2.24, 2.45) is 0 Å². The lowest BCUT2D eigenvalue weighted by Gasteiger charge is -2.34. The Balaban J connectivity index is 2.01. The fraction of sp³-hybridized carbons (Fsp3) is 0.571. The first-order valence-corrected chi connectivity index (χ1v) is 6.87. The van der Waals surface area contributed by atoms with Crippen LogP contribution in [0.15, 0.2) is 24.3 Å². The summed E-state index contributed by atoms with van der Waals surface area (Å²) < 4.78 is 0. The summed E-state index contributed by atoms with van der Waals surface area (Å²) in [4.78, 5) is 2.54. The minimum Gasteiger partial charge on any atom is -0.317 e. The Kier molecular flexibility index (Phi) is 4.84. The molecule has 3 heteroatoms. The number of rotatable bonds is 4. The van der Waals surface area contributed by atoms with Gasteiger partial charge in [-0.3, -0.25) is 4.90 Å². The van der Waals surface area contributed by atoms with E-state index in [-0.39, 0.29) is 0 Å². The van der Waals surface area contributed by atoms with E-state index in [4.69, 9.17) is 11.6 Å². The molecule has 1 saturated heterocycles. The van der Waals surface area contributed by atoms with E-state index in [9.17, 15) is 0 Å². The van der Waals surface area contributed by atoms with Gasteiger partial charge in [-0.1, -0.05) is 36.7 Å². The fourth-order valence-corrected chi connectivity index (χ4v) is 2.71. The highest BCUT2D eigenvalue weighted by Crippen LogP contribution is 2.20. The molecule has 2 nitrogen and oxygen atoms in total. The van der Waals surface area contributed by atoms with Crippen molar-refractivity contribution in [3.8, 4) is 0 Å². The number of benzene rings is 1. The van der Waals surface area contributed by atoms with Crippen LogP contribution in [-0.4, -0.2) is 30.6 Å². The molecule has 1 aromatic rings. The number of halogens is 1. The number of nitrogens with one attached hydrogen (secondary N) is 1. The van der Waals surface area contributed by atoms with Gasteiger partial charge >= 0.3 is 0 Å². The van der Waals surface area contributed by atoms with Gasteiger partial charge in [0.25, 0.3) is 0 Å². The number of hydrogen-bond acceptors (Lipinski definition) is 2. The summed E-state index contributed by atoms with van der Waals surface area (Å²) >= 11 is 6.23. The average molecular weight is 253 g/mol. The predicted octanol–water partition coefficient (Wildman–Crippen LogP) is 2.91. The second kappa shape index (κ2) is 6.39. The molecule has 0 spiro atoms. The van der Waals surface area contributed by atoms with Gasteiger partial charge in [-0.2, -0.15) is 0 Å². The smallest absolute Gasteiger partial charge is 0.0451 e. The van der Waals surface area contributed by atoms with Crippen molar-refractivity contribution in [3.05, 3.63) is 34.9 Å². The first-order valence-electron chi connectivity index (χ1n) is 6.49. The monoisotopic (exact) mass is 252 g/mol. The molecule has 17 heavy (non-hydrogen) atoms. The number of nitrogens with zero attached hydrogens (tertiary/aromatic N) is 1. The molecule has 0 saturated carbocycles. The van der Waals surface area contributed by atoms with Crippen molar-refractivity contribution in [1.29, 1.82) is 0 Å². The normalized spacial score (nSPS) is 17.6. The molecule has 1 aliphatic heterocycles. The van der Waals surface area contributed by atoms with E-state index >= 15 is 0 Å². The third kappa shape index (κ3) is 3.44. The van der Waals surface area contributed by atoms with E-state index in [1.165, 1.54) is 18.4 Å². The molecule has 0 unspecified atom stereocenters. The van der Waals surface area contributed by atoms with Gasteiger partial charge in [-0.15, -0.1) is 0 Å². The van der Waals surface area contributed by atoms with Gasteiger partial charge in [0, 0.05) is 17.6 Å². The predicted molar refractivity (Wildman–Crippen MR) is 73.4 cm³/mol. The summed E-state index contributed by atoms with van der Waals surface area (Å²) in [7, 11) is 0. The molecule has 1 N–H and O–H groups in total. The molecule has 0 aromatic heterocycles. The van der Waals surface area contributed by atoms with E-state index in [0.29, 0.717) is 6.04 Å². The van der Waals surface area contributed by atoms with E-state index < -0.39 is 0 Å². The van der Waals surface area contributed by atoms with Crippen molar-refractivity contribution in [3.63, 3.8) is 0 Å². The van der Waals surface area contributed by atoms with Gasteiger partial charge in [0.2, 0.25) is 0 Å². The lowest BCUT2D eigenvalue weighted by molar-refractivity contribution is 0.162. The molecule has 1 heterocycles. The van der Waals surface area contributed by atoms with Crippen molar-refractivity contribution >= 4 is 11.6 Å². The summed E-state index contributed by atoms with van der Waals surface area (Å²) in [5.74, 6) is 0. The average Bonchev–Trinajstić information content (AvgIpc) is 2.39. The zero-order valence-corrected chi connectivity index (χ0v) is 11.2. The van der Waals surface area contributed by atoms with E-state index in [2.05, 4.69) is 29.3 Å².